The summed E-state index contributed by atoms with van der Waals surface area (Å²) in [4.78, 5) is 16.9. The number of benzene rings is 2. The van der Waals surface area contributed by atoms with Gasteiger partial charge in [0.2, 0.25) is 0 Å². The van der Waals surface area contributed by atoms with Gasteiger partial charge < -0.3 is 20.6 Å². The minimum Gasteiger partial charge on any atom is -0.347 e. The van der Waals surface area contributed by atoms with E-state index in [1.807, 2.05) is 0 Å². The Kier molecular flexibility index (Phi) is 5.73. The van der Waals surface area contributed by atoms with Crippen LogP contribution in [0.1, 0.15) is 92.6 Å². The van der Waals surface area contributed by atoms with Gasteiger partial charge >= 0.3 is 0 Å². The third-order valence-electron chi connectivity index (χ3n) is 10.0. The summed E-state index contributed by atoms with van der Waals surface area (Å²) in [6, 6.07) is 14.6. The van der Waals surface area contributed by atoms with Gasteiger partial charge in [0.25, 0.3) is 0 Å². The fraction of sp³-hybridized carbons (Fsp3) is 0.455. The summed E-state index contributed by atoms with van der Waals surface area (Å²) in [5.41, 5.74) is 10.9. The maximum Gasteiger partial charge on any atom is 0.124 e. The average Bonchev–Trinajstić information content (AvgIpc) is 3.82. The van der Waals surface area contributed by atoms with Crippen molar-refractivity contribution in [3.05, 3.63) is 71.6 Å². The van der Waals surface area contributed by atoms with E-state index in [1.165, 1.54) is 79.2 Å². The highest BCUT2D eigenvalue weighted by molar-refractivity contribution is 5.80. The zero-order chi connectivity index (χ0) is 25.8. The van der Waals surface area contributed by atoms with Crippen LogP contribution in [0, 0.1) is 0 Å². The molecule has 4 aliphatic rings. The van der Waals surface area contributed by atoms with Crippen molar-refractivity contribution in [1.82, 2.24) is 30.6 Å². The molecular weight excluding hydrogens is 480 g/mol. The third kappa shape index (κ3) is 3.99. The van der Waals surface area contributed by atoms with E-state index in [-0.39, 0.29) is 0 Å². The van der Waals surface area contributed by atoms with Crippen LogP contribution in [0.3, 0.4) is 0 Å². The standard InChI is InChI=1S/C33H38N6/c1-2-15-33(14-1)16-13-25-24(29-20-37-32(39-29)27-6-4-18-35-27)12-11-23(30(25)33)21-7-9-22(10-8-21)28-19-36-31(38-28)26-5-3-17-34-26/h7-12,19-20,26-27,34-35H,1-6,13-18H2,(H,36,38)(H,37,39)/t26-,27-/m0/s1. The quantitative estimate of drug-likeness (QED) is 0.236. The van der Waals surface area contributed by atoms with Gasteiger partial charge in [-0.1, -0.05) is 49.2 Å². The molecule has 6 heteroatoms. The molecule has 0 unspecified atom stereocenters. The summed E-state index contributed by atoms with van der Waals surface area (Å²) in [6.07, 6.45) is 16.7. The van der Waals surface area contributed by atoms with Crippen LogP contribution in [-0.4, -0.2) is 33.0 Å². The van der Waals surface area contributed by atoms with E-state index < -0.39 is 0 Å². The van der Waals surface area contributed by atoms with Crippen molar-refractivity contribution in [1.29, 1.82) is 0 Å². The van der Waals surface area contributed by atoms with E-state index in [4.69, 9.17) is 9.97 Å². The third-order valence-corrected chi connectivity index (χ3v) is 10.0. The topological polar surface area (TPSA) is 81.4 Å². The molecule has 0 amide bonds. The Hall–Kier alpha value is -3.22. The Labute approximate surface area is 230 Å². The lowest BCUT2D eigenvalue weighted by atomic mass is 9.76. The van der Waals surface area contributed by atoms with Crippen molar-refractivity contribution >= 4 is 0 Å². The lowest BCUT2D eigenvalue weighted by Gasteiger charge is -2.28. The summed E-state index contributed by atoms with van der Waals surface area (Å²) in [6.45, 7) is 2.17. The molecule has 6 nitrogen and oxygen atoms in total. The van der Waals surface area contributed by atoms with Crippen LogP contribution in [0.15, 0.2) is 48.8 Å². The minimum absolute atomic E-state index is 0.330. The van der Waals surface area contributed by atoms with Crippen LogP contribution in [0.5, 0.6) is 0 Å². The van der Waals surface area contributed by atoms with Crippen LogP contribution in [0.25, 0.3) is 33.6 Å². The van der Waals surface area contributed by atoms with Gasteiger partial charge in [-0.05, 0) is 92.1 Å². The molecule has 0 radical (unpaired) electrons. The van der Waals surface area contributed by atoms with E-state index in [9.17, 15) is 0 Å². The van der Waals surface area contributed by atoms with Crippen LogP contribution >= 0.6 is 0 Å². The molecule has 2 aliphatic carbocycles. The molecule has 4 aromatic rings. The normalized spacial score (nSPS) is 23.7. The van der Waals surface area contributed by atoms with Crippen LogP contribution in [-0.2, 0) is 11.8 Å². The van der Waals surface area contributed by atoms with Crippen molar-refractivity contribution in [2.75, 3.05) is 13.1 Å². The highest BCUT2D eigenvalue weighted by Crippen LogP contribution is 2.55. The largest absolute Gasteiger partial charge is 0.347 e. The average molecular weight is 519 g/mol. The van der Waals surface area contributed by atoms with E-state index in [1.54, 1.807) is 5.56 Å². The number of nitrogens with zero attached hydrogens (tertiary/aromatic N) is 2. The maximum absolute atomic E-state index is 5.10. The second kappa shape index (κ2) is 9.46. The smallest absolute Gasteiger partial charge is 0.124 e. The van der Waals surface area contributed by atoms with Gasteiger partial charge in [-0.2, -0.15) is 0 Å². The predicted molar refractivity (Wildman–Crippen MR) is 155 cm³/mol. The number of aromatic nitrogens is 4. The Bertz CT molecular complexity index is 1480. The molecule has 8 rings (SSSR count). The fourth-order valence-electron chi connectivity index (χ4n) is 8.01. The zero-order valence-corrected chi connectivity index (χ0v) is 22.7. The van der Waals surface area contributed by atoms with Crippen molar-refractivity contribution in [2.24, 2.45) is 0 Å². The lowest BCUT2D eigenvalue weighted by Crippen LogP contribution is -2.19. The molecule has 2 aliphatic heterocycles. The highest BCUT2D eigenvalue weighted by Gasteiger charge is 2.43. The first kappa shape index (κ1) is 23.6. The first-order valence-electron chi connectivity index (χ1n) is 15.1. The molecule has 200 valence electrons. The summed E-state index contributed by atoms with van der Waals surface area (Å²) >= 11 is 0. The second-order valence-corrected chi connectivity index (χ2v) is 12.2. The van der Waals surface area contributed by atoms with Crippen LogP contribution in [0.4, 0.5) is 0 Å². The minimum atomic E-state index is 0.330. The van der Waals surface area contributed by atoms with Gasteiger partial charge in [0.1, 0.15) is 11.6 Å². The van der Waals surface area contributed by atoms with Crippen molar-refractivity contribution in [2.45, 2.75) is 81.7 Å². The van der Waals surface area contributed by atoms with Crippen LogP contribution < -0.4 is 10.6 Å². The first-order chi connectivity index (χ1) is 19.3. The van der Waals surface area contributed by atoms with E-state index >= 15 is 0 Å². The number of hydrogen-bond donors (Lipinski definition) is 4. The molecule has 1 saturated carbocycles. The number of rotatable bonds is 5. The van der Waals surface area contributed by atoms with Gasteiger partial charge in [0, 0.05) is 23.5 Å². The van der Waals surface area contributed by atoms with Gasteiger partial charge in [-0.25, -0.2) is 9.97 Å². The summed E-state index contributed by atoms with van der Waals surface area (Å²) in [5, 5.41) is 7.13. The fourth-order valence-corrected chi connectivity index (χ4v) is 8.01. The SMILES string of the molecule is c1cc(-c2ccc(-c3c[nH]c([C@@H]4CCCN4)n3)c3c2C2(CCCC2)CC3)ccc1-c1c[nH]c([C@@H]2CCCN2)n1. The van der Waals surface area contributed by atoms with Crippen LogP contribution in [0.2, 0.25) is 0 Å². The molecule has 2 aromatic heterocycles. The number of nitrogens with one attached hydrogen (secondary N) is 4. The molecule has 2 atom stereocenters. The Morgan fingerprint density at radius 1 is 0.641 bits per heavy atom. The molecule has 3 fully saturated rings. The number of aromatic amines is 2. The van der Waals surface area contributed by atoms with Crippen molar-refractivity contribution in [3.63, 3.8) is 0 Å². The monoisotopic (exact) mass is 518 g/mol. The summed E-state index contributed by atoms with van der Waals surface area (Å²) < 4.78 is 0. The number of hydrogen-bond acceptors (Lipinski definition) is 4. The molecule has 0 bridgehead atoms. The number of H-pyrrole nitrogens is 2. The first-order valence-corrected chi connectivity index (χ1v) is 15.1. The Morgan fingerprint density at radius 3 is 1.92 bits per heavy atom. The van der Waals surface area contributed by atoms with E-state index in [0.717, 1.165) is 49.0 Å². The molecule has 39 heavy (non-hydrogen) atoms. The molecular formula is C33H38N6. The van der Waals surface area contributed by atoms with Crippen molar-refractivity contribution in [3.8, 4) is 33.6 Å². The van der Waals surface area contributed by atoms with Gasteiger partial charge in [-0.15, -0.1) is 0 Å². The summed E-state index contributed by atoms with van der Waals surface area (Å²) in [7, 11) is 0. The van der Waals surface area contributed by atoms with Crippen molar-refractivity contribution < 1.29 is 0 Å². The summed E-state index contributed by atoms with van der Waals surface area (Å²) in [5.74, 6) is 2.16. The molecule has 2 saturated heterocycles. The van der Waals surface area contributed by atoms with Gasteiger partial charge in [0.15, 0.2) is 0 Å². The molecule has 4 heterocycles. The maximum atomic E-state index is 5.10. The van der Waals surface area contributed by atoms with Gasteiger partial charge in [-0.3, -0.25) is 0 Å². The number of fused-ring (bicyclic) bond motifs is 2. The molecule has 2 aromatic carbocycles. The van der Waals surface area contributed by atoms with E-state index in [0.29, 0.717) is 17.5 Å². The molecule has 1 spiro atoms. The lowest BCUT2D eigenvalue weighted by molar-refractivity contribution is 0.440. The van der Waals surface area contributed by atoms with E-state index in [2.05, 4.69) is 69.4 Å². The Balaban J connectivity index is 1.15. The molecule has 4 N–H and O–H groups in total. The Morgan fingerprint density at radius 2 is 1.26 bits per heavy atom. The van der Waals surface area contributed by atoms with Gasteiger partial charge in [0.05, 0.1) is 23.5 Å². The number of imidazole rings is 2. The second-order valence-electron chi connectivity index (χ2n) is 12.2. The highest BCUT2D eigenvalue weighted by atomic mass is 15.0. The zero-order valence-electron chi connectivity index (χ0n) is 22.7. The predicted octanol–water partition coefficient (Wildman–Crippen LogP) is 6.74.